The highest BCUT2D eigenvalue weighted by molar-refractivity contribution is 5.99. The van der Waals surface area contributed by atoms with E-state index in [-0.39, 0.29) is 0 Å². The molecule has 0 saturated heterocycles. The Balaban J connectivity index is 1.99. The minimum atomic E-state index is 1.24. The molecule has 0 heteroatoms. The second-order valence-electron chi connectivity index (χ2n) is 6.39. The summed E-state index contributed by atoms with van der Waals surface area (Å²) in [5.74, 6) is 0. The quantitative estimate of drug-likeness (QED) is 0.502. The van der Waals surface area contributed by atoms with Gasteiger partial charge in [-0.3, -0.25) is 0 Å². The molecule has 1 aliphatic carbocycles. The molecule has 0 unspecified atom stereocenters. The minimum absolute atomic E-state index is 1.24. The topological polar surface area (TPSA) is 0 Å². The van der Waals surface area contributed by atoms with Crippen molar-refractivity contribution in [2.24, 2.45) is 0 Å². The third-order valence-electron chi connectivity index (χ3n) is 4.96. The Morgan fingerprint density at radius 1 is 0.591 bits per heavy atom. The molecule has 110 valence electrons. The van der Waals surface area contributed by atoms with Crippen molar-refractivity contribution in [2.45, 2.75) is 38.5 Å². The molecule has 3 aromatic carbocycles. The van der Waals surface area contributed by atoms with Crippen LogP contribution >= 0.6 is 0 Å². The van der Waals surface area contributed by atoms with Crippen LogP contribution in [0.5, 0.6) is 0 Å². The average Bonchev–Trinajstić information content (AvgIpc) is 2.55. The summed E-state index contributed by atoms with van der Waals surface area (Å²) in [6.45, 7) is 0. The van der Waals surface area contributed by atoms with Crippen LogP contribution in [0.4, 0.5) is 0 Å². The van der Waals surface area contributed by atoms with Crippen LogP contribution in [0.15, 0.2) is 60.7 Å². The van der Waals surface area contributed by atoms with Crippen LogP contribution in [0.1, 0.15) is 36.8 Å². The first kappa shape index (κ1) is 13.6. The van der Waals surface area contributed by atoms with Crippen molar-refractivity contribution in [3.63, 3.8) is 0 Å². The van der Waals surface area contributed by atoms with Gasteiger partial charge >= 0.3 is 0 Å². The van der Waals surface area contributed by atoms with Crippen molar-refractivity contribution in [2.75, 3.05) is 0 Å². The molecule has 0 nitrogen and oxygen atoms in total. The average molecular weight is 286 g/mol. The molecule has 3 aromatic rings. The van der Waals surface area contributed by atoms with E-state index in [0.717, 1.165) is 0 Å². The van der Waals surface area contributed by atoms with Gasteiger partial charge in [-0.25, -0.2) is 0 Å². The predicted octanol–water partition coefficient (Wildman–Crippen LogP) is 6.17. The summed E-state index contributed by atoms with van der Waals surface area (Å²) >= 11 is 0. The number of benzene rings is 3. The van der Waals surface area contributed by atoms with E-state index in [0.29, 0.717) is 0 Å². The van der Waals surface area contributed by atoms with Crippen molar-refractivity contribution in [1.29, 1.82) is 0 Å². The molecule has 0 saturated carbocycles. The van der Waals surface area contributed by atoms with Gasteiger partial charge < -0.3 is 0 Å². The molecule has 0 amide bonds. The second kappa shape index (κ2) is 5.96. The molecule has 1 aliphatic rings. The number of aryl methyl sites for hydroxylation is 2. The highest BCUT2D eigenvalue weighted by atomic mass is 14.2. The maximum atomic E-state index is 2.47. The summed E-state index contributed by atoms with van der Waals surface area (Å²) in [5.41, 5.74) is 5.92. The molecule has 0 N–H and O–H groups in total. The molecule has 0 aliphatic heterocycles. The summed E-state index contributed by atoms with van der Waals surface area (Å²) < 4.78 is 0. The van der Waals surface area contributed by atoms with Gasteiger partial charge in [-0.15, -0.1) is 0 Å². The molecule has 0 spiro atoms. The molecule has 0 aromatic heterocycles. The van der Waals surface area contributed by atoms with Gasteiger partial charge in [-0.1, -0.05) is 73.5 Å². The summed E-state index contributed by atoms with van der Waals surface area (Å²) in [4.78, 5) is 0. The van der Waals surface area contributed by atoms with E-state index < -0.39 is 0 Å². The van der Waals surface area contributed by atoms with Crippen molar-refractivity contribution in [3.8, 4) is 11.1 Å². The summed E-state index contributed by atoms with van der Waals surface area (Å²) in [6, 6.07) is 22.3. The third kappa shape index (κ3) is 2.43. The van der Waals surface area contributed by atoms with E-state index in [4.69, 9.17) is 0 Å². The second-order valence-corrected chi connectivity index (χ2v) is 6.39. The molecule has 0 radical (unpaired) electrons. The van der Waals surface area contributed by atoms with Gasteiger partial charge in [0.05, 0.1) is 0 Å². The van der Waals surface area contributed by atoms with Gasteiger partial charge in [0.15, 0.2) is 0 Å². The van der Waals surface area contributed by atoms with Crippen molar-refractivity contribution in [3.05, 3.63) is 71.8 Å². The minimum Gasteiger partial charge on any atom is -0.0622 e. The first-order valence-electron chi connectivity index (χ1n) is 8.52. The van der Waals surface area contributed by atoms with E-state index in [9.17, 15) is 0 Å². The van der Waals surface area contributed by atoms with Crippen LogP contribution in [0, 0.1) is 0 Å². The Morgan fingerprint density at radius 2 is 1.27 bits per heavy atom. The van der Waals surface area contributed by atoms with Gasteiger partial charge in [0.25, 0.3) is 0 Å². The molecule has 4 rings (SSSR count). The smallest absolute Gasteiger partial charge is 0.0102 e. The first-order chi connectivity index (χ1) is 10.9. The Morgan fingerprint density at radius 3 is 2.09 bits per heavy atom. The Hall–Kier alpha value is -2.08. The zero-order valence-electron chi connectivity index (χ0n) is 13.0. The van der Waals surface area contributed by atoms with Gasteiger partial charge in [-0.2, -0.15) is 0 Å². The van der Waals surface area contributed by atoms with Crippen molar-refractivity contribution < 1.29 is 0 Å². The molecule has 0 heterocycles. The Bertz CT molecular complexity index is 784. The van der Waals surface area contributed by atoms with Gasteiger partial charge in [0, 0.05) is 0 Å². The van der Waals surface area contributed by atoms with Crippen LogP contribution in [-0.4, -0.2) is 0 Å². The van der Waals surface area contributed by atoms with Crippen LogP contribution in [-0.2, 0) is 12.8 Å². The molecule has 0 atom stereocenters. The summed E-state index contributed by atoms with van der Waals surface area (Å²) in [6.07, 6.45) is 7.91. The van der Waals surface area contributed by atoms with Crippen molar-refractivity contribution in [1.82, 2.24) is 0 Å². The Labute approximate surface area is 132 Å². The largest absolute Gasteiger partial charge is 0.0622 e. The van der Waals surface area contributed by atoms with Gasteiger partial charge in [0.1, 0.15) is 0 Å². The number of fused-ring (bicyclic) bond motifs is 3. The fraction of sp³-hybridized carbons (Fsp3) is 0.273. The SMILES string of the molecule is c1ccc(-c2cc3c(c4ccccc24)CCCCCC3)cc1. The van der Waals surface area contributed by atoms with Crippen LogP contribution in [0.3, 0.4) is 0 Å². The zero-order chi connectivity index (χ0) is 14.8. The number of hydrogen-bond donors (Lipinski definition) is 0. The van der Waals surface area contributed by atoms with E-state index in [1.54, 1.807) is 11.1 Å². The van der Waals surface area contributed by atoms with Gasteiger partial charge in [0.2, 0.25) is 0 Å². The monoisotopic (exact) mass is 286 g/mol. The number of rotatable bonds is 1. The molecular weight excluding hydrogens is 264 g/mol. The lowest BCUT2D eigenvalue weighted by molar-refractivity contribution is 0.619. The van der Waals surface area contributed by atoms with E-state index in [1.165, 1.54) is 60.4 Å². The van der Waals surface area contributed by atoms with Crippen LogP contribution < -0.4 is 0 Å². The lowest BCUT2D eigenvalue weighted by Gasteiger charge is -2.19. The van der Waals surface area contributed by atoms with Crippen LogP contribution in [0.2, 0.25) is 0 Å². The molecule has 0 fully saturated rings. The first-order valence-corrected chi connectivity index (χ1v) is 8.52. The Kier molecular flexibility index (Phi) is 3.68. The third-order valence-corrected chi connectivity index (χ3v) is 4.96. The highest BCUT2D eigenvalue weighted by Gasteiger charge is 2.14. The molecule has 22 heavy (non-hydrogen) atoms. The van der Waals surface area contributed by atoms with E-state index in [2.05, 4.69) is 60.7 Å². The lowest BCUT2D eigenvalue weighted by atomic mass is 9.85. The maximum absolute atomic E-state index is 2.47. The maximum Gasteiger partial charge on any atom is -0.0102 e. The summed E-state index contributed by atoms with van der Waals surface area (Å²) in [5, 5.41) is 2.88. The lowest BCUT2D eigenvalue weighted by Crippen LogP contribution is -2.01. The fourth-order valence-corrected chi connectivity index (χ4v) is 3.84. The molecule has 0 bridgehead atoms. The standard InChI is InChI=1S/C22H22/c1-2-7-13-19-18(12-4-1)16-22(17-10-5-3-6-11-17)21-15-9-8-14-20(19)21/h3,5-6,8-11,14-16H,1-2,4,7,12-13H2. The fourth-order valence-electron chi connectivity index (χ4n) is 3.84. The zero-order valence-corrected chi connectivity index (χ0v) is 13.0. The van der Waals surface area contributed by atoms with Crippen molar-refractivity contribution >= 4 is 10.8 Å². The normalized spacial score (nSPS) is 15.1. The molecular formula is C22H22. The highest BCUT2D eigenvalue weighted by Crippen LogP contribution is 2.35. The summed E-state index contributed by atoms with van der Waals surface area (Å²) in [7, 11) is 0. The van der Waals surface area contributed by atoms with Crippen LogP contribution in [0.25, 0.3) is 21.9 Å². The van der Waals surface area contributed by atoms with Gasteiger partial charge in [-0.05, 0) is 58.7 Å². The van der Waals surface area contributed by atoms with E-state index in [1.807, 2.05) is 0 Å². The van der Waals surface area contributed by atoms with E-state index >= 15 is 0 Å². The number of hydrogen-bond acceptors (Lipinski definition) is 0. The predicted molar refractivity (Wildman–Crippen MR) is 95.3 cm³/mol.